The summed E-state index contributed by atoms with van der Waals surface area (Å²) in [5.41, 5.74) is 7.32. The lowest BCUT2D eigenvalue weighted by Crippen LogP contribution is -2.38. The molecule has 9 heteroatoms. The van der Waals surface area contributed by atoms with Crippen LogP contribution in [0.1, 0.15) is 50.9 Å². The van der Waals surface area contributed by atoms with Gasteiger partial charge in [-0.15, -0.1) is 11.3 Å². The van der Waals surface area contributed by atoms with Crippen LogP contribution in [0.3, 0.4) is 0 Å². The number of rotatable bonds is 5. The van der Waals surface area contributed by atoms with Crippen molar-refractivity contribution >= 4 is 39.1 Å². The van der Waals surface area contributed by atoms with Gasteiger partial charge in [-0.05, 0) is 74.4 Å². The summed E-state index contributed by atoms with van der Waals surface area (Å²) in [6.45, 7) is 3.18. The molecule has 8 nitrogen and oxygen atoms in total. The minimum atomic E-state index is -0.181. The molecule has 0 saturated carbocycles. The summed E-state index contributed by atoms with van der Waals surface area (Å²) in [6.07, 6.45) is 6.84. The Kier molecular flexibility index (Phi) is 6.43. The number of benzene rings is 2. The van der Waals surface area contributed by atoms with E-state index in [2.05, 4.69) is 15.3 Å². The Balaban J connectivity index is 1.15. The number of nitrogens with one attached hydrogen (secondary N) is 1. The van der Waals surface area contributed by atoms with Crippen LogP contribution in [0.25, 0.3) is 15.9 Å². The predicted molar refractivity (Wildman–Crippen MR) is 148 cm³/mol. The number of anilines is 1. The Bertz CT molecular complexity index is 1600. The van der Waals surface area contributed by atoms with Crippen molar-refractivity contribution in [2.75, 3.05) is 18.4 Å². The normalized spacial score (nSPS) is 14.1. The number of hydrogen-bond acceptors (Lipinski definition) is 6. The molecule has 4 heterocycles. The fourth-order valence-corrected chi connectivity index (χ4v) is 5.65. The third-order valence-electron chi connectivity index (χ3n) is 6.98. The largest absolute Gasteiger partial charge is 0.339 e. The van der Waals surface area contributed by atoms with Gasteiger partial charge in [0.1, 0.15) is 0 Å². The van der Waals surface area contributed by atoms with Crippen LogP contribution in [0.15, 0.2) is 78.8 Å². The van der Waals surface area contributed by atoms with Gasteiger partial charge in [-0.25, -0.2) is 9.97 Å². The van der Waals surface area contributed by atoms with Gasteiger partial charge in [-0.2, -0.15) is 0 Å². The summed E-state index contributed by atoms with van der Waals surface area (Å²) in [7, 11) is 0. The molecule has 190 valence electrons. The molecule has 0 bridgehead atoms. The van der Waals surface area contributed by atoms with Gasteiger partial charge in [0.25, 0.3) is 11.8 Å². The number of nitrogens with zero attached hydrogens (tertiary/aromatic N) is 5. The van der Waals surface area contributed by atoms with Crippen molar-refractivity contribution in [3.8, 4) is 5.69 Å². The first-order chi connectivity index (χ1) is 18.5. The predicted octanol–water partition coefficient (Wildman–Crippen LogP) is 5.46. The molecule has 6 rings (SSSR count). The maximum atomic E-state index is 13.3. The number of carbonyl (C=O) groups is 2. The average Bonchev–Trinajstić information content (AvgIpc) is 3.65. The summed E-state index contributed by atoms with van der Waals surface area (Å²) >= 11 is 1.54. The molecule has 0 spiro atoms. The summed E-state index contributed by atoms with van der Waals surface area (Å²) in [5.74, 6) is -0.0420. The van der Waals surface area contributed by atoms with Crippen molar-refractivity contribution in [1.82, 2.24) is 24.4 Å². The number of thiazole rings is 1. The maximum Gasteiger partial charge on any atom is 0.257 e. The molecule has 1 fully saturated rings. The van der Waals surface area contributed by atoms with Crippen LogP contribution < -0.4 is 5.32 Å². The maximum absolute atomic E-state index is 13.3. The first kappa shape index (κ1) is 24.0. The van der Waals surface area contributed by atoms with E-state index < -0.39 is 0 Å². The molecule has 5 aromatic rings. The molecular weight excluding hydrogens is 496 g/mol. The molecule has 0 unspecified atom stereocenters. The number of pyridine rings is 1. The average molecular weight is 523 g/mol. The second-order valence-corrected chi connectivity index (χ2v) is 10.3. The van der Waals surface area contributed by atoms with Crippen molar-refractivity contribution in [3.63, 3.8) is 0 Å². The van der Waals surface area contributed by atoms with Crippen molar-refractivity contribution in [2.24, 2.45) is 0 Å². The van der Waals surface area contributed by atoms with Crippen molar-refractivity contribution in [1.29, 1.82) is 0 Å². The standard InChI is InChI=1S/C29H26N6O2S/c1-19-2-8-24(28(36)33-22-4-6-23(7-5-22)35-15-12-30-17-35)27(32-19)20-10-13-34(14-11-20)29(37)21-3-9-25-26(16-21)38-18-31-25/h2-9,12,15-18,20H,10-11,13-14H2,1H3,(H,33,36). The summed E-state index contributed by atoms with van der Waals surface area (Å²) in [5, 5.41) is 3.02. The number of aromatic nitrogens is 4. The lowest BCUT2D eigenvalue weighted by molar-refractivity contribution is 0.0711. The van der Waals surface area contributed by atoms with Gasteiger partial charge in [0.2, 0.25) is 0 Å². The molecule has 1 N–H and O–H groups in total. The SMILES string of the molecule is Cc1ccc(C(=O)Nc2ccc(-n3ccnc3)cc2)c(C2CCN(C(=O)c3ccc4ncsc4c3)CC2)n1. The van der Waals surface area contributed by atoms with E-state index in [0.29, 0.717) is 29.9 Å². The number of imidazole rings is 1. The van der Waals surface area contributed by atoms with Gasteiger partial charge in [-0.3, -0.25) is 14.6 Å². The zero-order valence-electron chi connectivity index (χ0n) is 20.9. The second kappa shape index (κ2) is 10.2. The van der Waals surface area contributed by atoms with E-state index in [4.69, 9.17) is 4.98 Å². The number of hydrogen-bond donors (Lipinski definition) is 1. The first-order valence-electron chi connectivity index (χ1n) is 12.5. The van der Waals surface area contributed by atoms with Gasteiger partial charge >= 0.3 is 0 Å². The van der Waals surface area contributed by atoms with E-state index in [1.807, 2.05) is 77.2 Å². The van der Waals surface area contributed by atoms with E-state index >= 15 is 0 Å². The number of piperidine rings is 1. The van der Waals surface area contributed by atoms with Crippen LogP contribution in [0.2, 0.25) is 0 Å². The quantitative estimate of drug-likeness (QED) is 0.331. The zero-order valence-corrected chi connectivity index (χ0v) is 21.7. The van der Waals surface area contributed by atoms with E-state index in [1.165, 1.54) is 11.3 Å². The van der Waals surface area contributed by atoms with Crippen LogP contribution in [0.4, 0.5) is 5.69 Å². The Hall–Kier alpha value is -4.37. The van der Waals surface area contributed by atoms with Gasteiger partial charge < -0.3 is 14.8 Å². The Morgan fingerprint density at radius 3 is 2.61 bits per heavy atom. The Morgan fingerprint density at radius 1 is 1.03 bits per heavy atom. The van der Waals surface area contributed by atoms with E-state index in [9.17, 15) is 9.59 Å². The van der Waals surface area contributed by atoms with Crippen molar-refractivity contribution in [2.45, 2.75) is 25.7 Å². The molecule has 2 amide bonds. The molecule has 3 aromatic heterocycles. The molecule has 2 aromatic carbocycles. The first-order valence-corrected chi connectivity index (χ1v) is 13.4. The molecular formula is C29H26N6O2S. The van der Waals surface area contributed by atoms with Crippen molar-refractivity contribution < 1.29 is 9.59 Å². The molecule has 1 aliphatic heterocycles. The van der Waals surface area contributed by atoms with Crippen LogP contribution in [0, 0.1) is 6.92 Å². The lowest BCUT2D eigenvalue weighted by Gasteiger charge is -2.32. The van der Waals surface area contributed by atoms with Crippen LogP contribution >= 0.6 is 11.3 Å². The zero-order chi connectivity index (χ0) is 26.1. The Morgan fingerprint density at radius 2 is 1.84 bits per heavy atom. The van der Waals surface area contributed by atoms with Crippen LogP contribution in [-0.2, 0) is 0 Å². The van der Waals surface area contributed by atoms with E-state index in [1.54, 1.807) is 18.0 Å². The Labute approximate surface area is 224 Å². The fourth-order valence-electron chi connectivity index (χ4n) is 4.93. The highest BCUT2D eigenvalue weighted by atomic mass is 32.1. The third-order valence-corrected chi connectivity index (χ3v) is 7.78. The molecule has 1 saturated heterocycles. The molecule has 1 aliphatic rings. The summed E-state index contributed by atoms with van der Waals surface area (Å²) < 4.78 is 2.92. The molecule has 0 radical (unpaired) electrons. The van der Waals surface area contributed by atoms with E-state index in [-0.39, 0.29) is 17.7 Å². The number of aryl methyl sites for hydroxylation is 1. The topological polar surface area (TPSA) is 93.0 Å². The minimum absolute atomic E-state index is 0.0352. The molecule has 0 atom stereocenters. The number of amides is 2. The fraction of sp³-hybridized carbons (Fsp3) is 0.207. The highest BCUT2D eigenvalue weighted by molar-refractivity contribution is 7.16. The second-order valence-electron chi connectivity index (χ2n) is 9.46. The summed E-state index contributed by atoms with van der Waals surface area (Å²) in [6, 6.07) is 17.0. The van der Waals surface area contributed by atoms with E-state index in [0.717, 1.165) is 40.1 Å². The van der Waals surface area contributed by atoms with Crippen LogP contribution in [-0.4, -0.2) is 49.3 Å². The van der Waals surface area contributed by atoms with Gasteiger partial charge in [0, 0.05) is 54.0 Å². The number of likely N-dealkylation sites (tertiary alicyclic amines) is 1. The van der Waals surface area contributed by atoms with Gasteiger partial charge in [0.05, 0.1) is 33.3 Å². The van der Waals surface area contributed by atoms with Crippen molar-refractivity contribution in [3.05, 3.63) is 101 Å². The number of fused-ring (bicyclic) bond motifs is 1. The van der Waals surface area contributed by atoms with Gasteiger partial charge in [0.15, 0.2) is 0 Å². The minimum Gasteiger partial charge on any atom is -0.339 e. The smallest absolute Gasteiger partial charge is 0.257 e. The summed E-state index contributed by atoms with van der Waals surface area (Å²) in [4.78, 5) is 41.5. The molecule has 38 heavy (non-hydrogen) atoms. The van der Waals surface area contributed by atoms with Crippen LogP contribution in [0.5, 0.6) is 0 Å². The van der Waals surface area contributed by atoms with Gasteiger partial charge in [-0.1, -0.05) is 0 Å². The lowest BCUT2D eigenvalue weighted by atomic mass is 9.89. The highest BCUT2D eigenvalue weighted by Gasteiger charge is 2.28. The molecule has 0 aliphatic carbocycles. The highest BCUT2D eigenvalue weighted by Crippen LogP contribution is 2.31. The monoisotopic (exact) mass is 522 g/mol. The number of carbonyl (C=O) groups excluding carboxylic acids is 2. The third kappa shape index (κ3) is 4.80.